The molecule has 0 fully saturated rings. The van der Waals surface area contributed by atoms with Crippen LogP contribution in [-0.4, -0.2) is 35.3 Å². The monoisotopic (exact) mass is 276 g/mol. The van der Waals surface area contributed by atoms with E-state index in [1.807, 2.05) is 6.92 Å². The normalized spacial score (nSPS) is 10.4. The van der Waals surface area contributed by atoms with Gasteiger partial charge in [-0.2, -0.15) is 0 Å². The van der Waals surface area contributed by atoms with Crippen LogP contribution in [0.15, 0.2) is 12.1 Å². The summed E-state index contributed by atoms with van der Waals surface area (Å²) in [5.41, 5.74) is 2.02. The maximum Gasteiger partial charge on any atom is 0.354 e. The third-order valence-electron chi connectivity index (χ3n) is 3.02. The van der Waals surface area contributed by atoms with Crippen LogP contribution in [0.1, 0.15) is 21.9 Å². The summed E-state index contributed by atoms with van der Waals surface area (Å²) in [7, 11) is 3.09. The van der Waals surface area contributed by atoms with E-state index >= 15 is 0 Å². The lowest BCUT2D eigenvalue weighted by molar-refractivity contribution is 0.0692. The SMILES string of the molecule is COc1cc(C)c(-c2nc(C)[nH]c2C(=O)O)cc1OC. The second-order valence-corrected chi connectivity index (χ2v) is 4.37. The van der Waals surface area contributed by atoms with Gasteiger partial charge in [-0.1, -0.05) is 0 Å². The summed E-state index contributed by atoms with van der Waals surface area (Å²) in [5, 5.41) is 9.23. The summed E-state index contributed by atoms with van der Waals surface area (Å²) >= 11 is 0. The molecular formula is C14H16N2O4. The van der Waals surface area contributed by atoms with E-state index in [0.29, 0.717) is 28.6 Å². The summed E-state index contributed by atoms with van der Waals surface area (Å²) in [6.07, 6.45) is 0. The van der Waals surface area contributed by atoms with E-state index in [1.54, 1.807) is 26.2 Å². The first-order chi connectivity index (χ1) is 9.47. The number of benzene rings is 1. The van der Waals surface area contributed by atoms with Gasteiger partial charge in [-0.3, -0.25) is 0 Å². The molecular weight excluding hydrogens is 260 g/mol. The summed E-state index contributed by atoms with van der Waals surface area (Å²) in [4.78, 5) is 18.3. The second-order valence-electron chi connectivity index (χ2n) is 4.37. The van der Waals surface area contributed by atoms with Crippen molar-refractivity contribution in [3.8, 4) is 22.8 Å². The Morgan fingerprint density at radius 1 is 1.20 bits per heavy atom. The number of methoxy groups -OCH3 is 2. The molecule has 2 N–H and O–H groups in total. The van der Waals surface area contributed by atoms with Crippen LogP contribution in [0, 0.1) is 13.8 Å². The molecule has 20 heavy (non-hydrogen) atoms. The maximum absolute atomic E-state index is 11.3. The molecule has 0 aliphatic heterocycles. The Hall–Kier alpha value is -2.50. The molecule has 0 spiro atoms. The number of nitrogens with zero attached hydrogens (tertiary/aromatic N) is 1. The minimum absolute atomic E-state index is 0.0674. The highest BCUT2D eigenvalue weighted by Crippen LogP contribution is 2.35. The van der Waals surface area contributed by atoms with Crippen molar-refractivity contribution in [3.63, 3.8) is 0 Å². The predicted molar refractivity (Wildman–Crippen MR) is 73.6 cm³/mol. The Morgan fingerprint density at radius 3 is 2.35 bits per heavy atom. The van der Waals surface area contributed by atoms with Gasteiger partial charge in [0.1, 0.15) is 11.5 Å². The fraction of sp³-hybridized carbons (Fsp3) is 0.286. The molecule has 1 heterocycles. The lowest BCUT2D eigenvalue weighted by Crippen LogP contribution is -2.01. The highest BCUT2D eigenvalue weighted by molar-refractivity contribution is 5.93. The minimum atomic E-state index is -1.05. The number of hydrogen-bond acceptors (Lipinski definition) is 4. The third kappa shape index (κ3) is 2.32. The molecule has 0 aliphatic carbocycles. The molecule has 1 aromatic heterocycles. The highest BCUT2D eigenvalue weighted by atomic mass is 16.5. The Kier molecular flexibility index (Phi) is 3.65. The van der Waals surface area contributed by atoms with Crippen LogP contribution in [0.2, 0.25) is 0 Å². The number of ether oxygens (including phenoxy) is 2. The minimum Gasteiger partial charge on any atom is -0.493 e. The zero-order valence-corrected chi connectivity index (χ0v) is 11.8. The number of aromatic amines is 1. The van der Waals surface area contributed by atoms with Gasteiger partial charge in [0.2, 0.25) is 0 Å². The Balaban J connectivity index is 2.66. The number of carboxylic acids is 1. The summed E-state index contributed by atoms with van der Waals surface area (Å²) in [5.74, 6) is 0.629. The number of nitrogens with one attached hydrogen (secondary N) is 1. The summed E-state index contributed by atoms with van der Waals surface area (Å²) in [6, 6.07) is 3.53. The molecule has 0 radical (unpaired) electrons. The molecule has 0 amide bonds. The van der Waals surface area contributed by atoms with Crippen LogP contribution >= 0.6 is 0 Å². The molecule has 0 saturated heterocycles. The van der Waals surface area contributed by atoms with Crippen LogP contribution < -0.4 is 9.47 Å². The van der Waals surface area contributed by atoms with Crippen LogP contribution in [0.3, 0.4) is 0 Å². The lowest BCUT2D eigenvalue weighted by Gasteiger charge is -2.12. The number of rotatable bonds is 4. The third-order valence-corrected chi connectivity index (χ3v) is 3.02. The van der Waals surface area contributed by atoms with E-state index in [4.69, 9.17) is 9.47 Å². The van der Waals surface area contributed by atoms with Crippen molar-refractivity contribution in [2.45, 2.75) is 13.8 Å². The fourth-order valence-electron chi connectivity index (χ4n) is 2.08. The molecule has 2 aromatic rings. The van der Waals surface area contributed by atoms with E-state index in [1.165, 1.54) is 7.11 Å². The summed E-state index contributed by atoms with van der Waals surface area (Å²) < 4.78 is 10.5. The number of H-pyrrole nitrogens is 1. The van der Waals surface area contributed by atoms with E-state index in [-0.39, 0.29) is 5.69 Å². The van der Waals surface area contributed by atoms with E-state index in [0.717, 1.165) is 5.56 Å². The molecule has 0 saturated carbocycles. The van der Waals surface area contributed by atoms with Crippen molar-refractivity contribution >= 4 is 5.97 Å². The van der Waals surface area contributed by atoms with Gasteiger partial charge in [-0.15, -0.1) is 0 Å². The molecule has 0 aliphatic rings. The molecule has 0 unspecified atom stereocenters. The van der Waals surface area contributed by atoms with Gasteiger partial charge in [0, 0.05) is 5.56 Å². The number of carboxylic acid groups (broad SMARTS) is 1. The Bertz CT molecular complexity index is 661. The standard InChI is InChI=1S/C14H16N2O4/c1-7-5-10(19-3)11(20-4)6-9(7)12-13(14(17)18)16-8(2)15-12/h5-6H,1-4H3,(H,15,16)(H,17,18). The average molecular weight is 276 g/mol. The van der Waals surface area contributed by atoms with Gasteiger partial charge in [0.05, 0.1) is 14.2 Å². The van der Waals surface area contributed by atoms with E-state index in [2.05, 4.69) is 9.97 Å². The predicted octanol–water partition coefficient (Wildman–Crippen LogP) is 2.41. The highest BCUT2D eigenvalue weighted by Gasteiger charge is 2.20. The number of hydrogen-bond donors (Lipinski definition) is 2. The number of aryl methyl sites for hydroxylation is 2. The quantitative estimate of drug-likeness (QED) is 0.895. The Morgan fingerprint density at radius 2 is 1.80 bits per heavy atom. The van der Waals surface area contributed by atoms with Crippen molar-refractivity contribution in [1.29, 1.82) is 0 Å². The van der Waals surface area contributed by atoms with Gasteiger partial charge in [0.15, 0.2) is 17.2 Å². The topological polar surface area (TPSA) is 84.4 Å². The Labute approximate surface area is 116 Å². The first-order valence-corrected chi connectivity index (χ1v) is 6.00. The number of aromatic nitrogens is 2. The van der Waals surface area contributed by atoms with Crippen LogP contribution in [0.4, 0.5) is 0 Å². The van der Waals surface area contributed by atoms with Crippen LogP contribution in [0.5, 0.6) is 11.5 Å². The molecule has 2 rings (SSSR count). The molecule has 0 atom stereocenters. The zero-order valence-electron chi connectivity index (χ0n) is 11.8. The van der Waals surface area contributed by atoms with Gasteiger partial charge >= 0.3 is 5.97 Å². The molecule has 106 valence electrons. The molecule has 0 bridgehead atoms. The van der Waals surface area contributed by atoms with Crippen molar-refractivity contribution < 1.29 is 19.4 Å². The van der Waals surface area contributed by atoms with Crippen molar-refractivity contribution in [2.24, 2.45) is 0 Å². The number of imidazole rings is 1. The van der Waals surface area contributed by atoms with Gasteiger partial charge in [-0.05, 0) is 31.5 Å². The maximum atomic E-state index is 11.3. The van der Waals surface area contributed by atoms with E-state index in [9.17, 15) is 9.90 Å². The van der Waals surface area contributed by atoms with Gasteiger partial charge in [0.25, 0.3) is 0 Å². The second kappa shape index (κ2) is 5.24. The smallest absolute Gasteiger partial charge is 0.354 e. The zero-order chi connectivity index (χ0) is 14.9. The average Bonchev–Trinajstić information content (AvgIpc) is 2.80. The van der Waals surface area contributed by atoms with Crippen molar-refractivity contribution in [1.82, 2.24) is 9.97 Å². The molecule has 1 aromatic carbocycles. The van der Waals surface area contributed by atoms with Crippen LogP contribution in [0.25, 0.3) is 11.3 Å². The lowest BCUT2D eigenvalue weighted by atomic mass is 10.0. The van der Waals surface area contributed by atoms with Crippen LogP contribution in [-0.2, 0) is 0 Å². The van der Waals surface area contributed by atoms with Gasteiger partial charge in [-0.25, -0.2) is 9.78 Å². The van der Waals surface area contributed by atoms with E-state index < -0.39 is 5.97 Å². The molecule has 6 heteroatoms. The first-order valence-electron chi connectivity index (χ1n) is 6.00. The fourth-order valence-corrected chi connectivity index (χ4v) is 2.08. The summed E-state index contributed by atoms with van der Waals surface area (Å²) in [6.45, 7) is 3.58. The number of aromatic carboxylic acids is 1. The van der Waals surface area contributed by atoms with Crippen molar-refractivity contribution in [2.75, 3.05) is 14.2 Å². The number of carbonyl (C=O) groups is 1. The van der Waals surface area contributed by atoms with Gasteiger partial charge < -0.3 is 19.6 Å². The largest absolute Gasteiger partial charge is 0.493 e. The molecule has 6 nitrogen and oxygen atoms in total. The van der Waals surface area contributed by atoms with Crippen molar-refractivity contribution in [3.05, 3.63) is 29.2 Å². The first kappa shape index (κ1) is 13.9.